The summed E-state index contributed by atoms with van der Waals surface area (Å²) in [4.78, 5) is 13.4. The lowest BCUT2D eigenvalue weighted by Crippen LogP contribution is -1.77. The molecule has 1 rings (SSSR count). The fourth-order valence-electron chi connectivity index (χ4n) is 0.713. The van der Waals surface area contributed by atoms with Gasteiger partial charge in [-0.05, 0) is 12.1 Å². The van der Waals surface area contributed by atoms with E-state index in [9.17, 15) is 4.79 Å². The van der Waals surface area contributed by atoms with Crippen molar-refractivity contribution in [2.24, 2.45) is 0 Å². The van der Waals surface area contributed by atoms with Crippen molar-refractivity contribution in [2.45, 2.75) is 0 Å². The van der Waals surface area contributed by atoms with Gasteiger partial charge in [-0.1, -0.05) is 17.7 Å². The molecule has 1 aromatic carbocycles. The quantitative estimate of drug-likeness (QED) is 0.463. The van der Waals surface area contributed by atoms with Gasteiger partial charge < -0.3 is 0 Å². The first-order chi connectivity index (χ1) is 5.27. The summed E-state index contributed by atoms with van der Waals surface area (Å²) in [6.07, 6.45) is 0.643. The normalized spacial score (nSPS) is 8.73. The van der Waals surface area contributed by atoms with E-state index < -0.39 is 0 Å². The molecule has 0 bridgehead atoms. The fraction of sp³-hybridized carbons (Fsp3) is 0. The minimum atomic E-state index is 0.299. The Bertz CT molecular complexity index is 327. The van der Waals surface area contributed by atoms with Gasteiger partial charge in [-0.25, -0.2) is 4.85 Å². The number of carbonyl (C=O) groups is 1. The number of carbonyl (C=O) groups excluding carboxylic acids is 1. The largest absolute Gasteiger partial charge is 0.299 e. The van der Waals surface area contributed by atoms with E-state index in [0.29, 0.717) is 22.6 Å². The predicted octanol–water partition coefficient (Wildman–Crippen LogP) is 2.70. The van der Waals surface area contributed by atoms with Crippen molar-refractivity contribution in [3.05, 3.63) is 40.2 Å². The molecular formula is C8H4ClNO. The molecule has 0 aromatic heterocycles. The van der Waals surface area contributed by atoms with Gasteiger partial charge in [0.2, 0.25) is 0 Å². The van der Waals surface area contributed by atoms with Crippen LogP contribution in [-0.2, 0) is 0 Å². The lowest BCUT2D eigenvalue weighted by atomic mass is 10.2. The Morgan fingerprint density at radius 3 is 2.82 bits per heavy atom. The predicted molar refractivity (Wildman–Crippen MR) is 43.1 cm³/mol. The second-order valence-electron chi connectivity index (χ2n) is 1.93. The van der Waals surface area contributed by atoms with Crippen molar-refractivity contribution in [3.8, 4) is 0 Å². The van der Waals surface area contributed by atoms with Gasteiger partial charge in [-0.15, -0.1) is 0 Å². The van der Waals surface area contributed by atoms with Crippen molar-refractivity contribution < 1.29 is 4.79 Å². The number of hydrogen-bond acceptors (Lipinski definition) is 1. The lowest BCUT2D eigenvalue weighted by Gasteiger charge is -1.94. The maximum atomic E-state index is 10.3. The molecule has 0 unspecified atom stereocenters. The summed E-state index contributed by atoms with van der Waals surface area (Å²) in [5, 5.41) is 0.474. The van der Waals surface area contributed by atoms with Gasteiger partial charge in [-0.2, -0.15) is 0 Å². The molecule has 0 amide bonds. The monoisotopic (exact) mass is 165 g/mol. The molecule has 0 aliphatic rings. The first kappa shape index (κ1) is 7.77. The summed E-state index contributed by atoms with van der Waals surface area (Å²) in [6, 6.07) is 4.58. The highest BCUT2D eigenvalue weighted by Gasteiger charge is 2.00. The summed E-state index contributed by atoms with van der Waals surface area (Å²) in [6.45, 7) is 6.69. The first-order valence-electron chi connectivity index (χ1n) is 2.90. The topological polar surface area (TPSA) is 21.4 Å². The standard InChI is InChI=1S/C8H4ClNO/c1-10-8-4-7(9)3-2-6(8)5-11/h2-5H. The van der Waals surface area contributed by atoms with Crippen molar-refractivity contribution in [2.75, 3.05) is 0 Å². The highest BCUT2D eigenvalue weighted by molar-refractivity contribution is 6.31. The average Bonchev–Trinajstić information content (AvgIpc) is 2.04. The fourth-order valence-corrected chi connectivity index (χ4v) is 0.880. The van der Waals surface area contributed by atoms with Crippen LogP contribution in [0, 0.1) is 6.57 Å². The van der Waals surface area contributed by atoms with Crippen LogP contribution in [0.4, 0.5) is 5.69 Å². The van der Waals surface area contributed by atoms with E-state index in [1.807, 2.05) is 0 Å². The number of rotatable bonds is 1. The molecule has 2 nitrogen and oxygen atoms in total. The van der Waals surface area contributed by atoms with Crippen LogP contribution < -0.4 is 0 Å². The molecule has 0 saturated carbocycles. The van der Waals surface area contributed by atoms with Crippen molar-refractivity contribution in [1.29, 1.82) is 0 Å². The van der Waals surface area contributed by atoms with E-state index in [-0.39, 0.29) is 0 Å². The highest BCUT2D eigenvalue weighted by Crippen LogP contribution is 2.21. The zero-order chi connectivity index (χ0) is 8.27. The summed E-state index contributed by atoms with van der Waals surface area (Å²) in [7, 11) is 0. The smallest absolute Gasteiger partial charge is 0.198 e. The van der Waals surface area contributed by atoms with Gasteiger partial charge in [0.15, 0.2) is 5.69 Å². The van der Waals surface area contributed by atoms with Crippen molar-refractivity contribution in [3.63, 3.8) is 0 Å². The molecular weight excluding hydrogens is 162 g/mol. The van der Waals surface area contributed by atoms with Crippen LogP contribution in [0.5, 0.6) is 0 Å². The van der Waals surface area contributed by atoms with E-state index in [0.717, 1.165) is 0 Å². The zero-order valence-electron chi connectivity index (χ0n) is 5.54. The van der Waals surface area contributed by atoms with Gasteiger partial charge >= 0.3 is 0 Å². The highest BCUT2D eigenvalue weighted by atomic mass is 35.5. The number of aldehydes is 1. The molecule has 0 spiro atoms. The first-order valence-corrected chi connectivity index (χ1v) is 3.28. The third kappa shape index (κ3) is 1.57. The Labute approximate surface area is 69.2 Å². The Hall–Kier alpha value is -1.33. The molecule has 0 fully saturated rings. The SMILES string of the molecule is [C-]#[N+]c1cc(Cl)ccc1C=O. The molecule has 0 heterocycles. The van der Waals surface area contributed by atoms with E-state index in [4.69, 9.17) is 18.2 Å². The van der Waals surface area contributed by atoms with Crippen molar-refractivity contribution in [1.82, 2.24) is 0 Å². The summed E-state index contributed by atoms with van der Waals surface area (Å²) < 4.78 is 0. The third-order valence-corrected chi connectivity index (χ3v) is 1.47. The molecule has 0 aliphatic heterocycles. The van der Waals surface area contributed by atoms with Gasteiger partial charge in [-0.3, -0.25) is 4.79 Å². The van der Waals surface area contributed by atoms with Gasteiger partial charge in [0.25, 0.3) is 0 Å². The van der Waals surface area contributed by atoms with Crippen LogP contribution in [0.15, 0.2) is 18.2 Å². The van der Waals surface area contributed by atoms with E-state index >= 15 is 0 Å². The Balaban J connectivity index is 3.30. The molecule has 11 heavy (non-hydrogen) atoms. The Morgan fingerprint density at radius 2 is 2.27 bits per heavy atom. The Morgan fingerprint density at radius 1 is 1.55 bits per heavy atom. The second-order valence-corrected chi connectivity index (χ2v) is 2.37. The number of benzene rings is 1. The molecule has 54 valence electrons. The molecule has 1 aromatic rings. The molecule has 0 aliphatic carbocycles. The number of hydrogen-bond donors (Lipinski definition) is 0. The zero-order valence-corrected chi connectivity index (χ0v) is 6.30. The molecule has 0 atom stereocenters. The Kier molecular flexibility index (Phi) is 2.25. The van der Waals surface area contributed by atoms with Crippen LogP contribution in [0.1, 0.15) is 10.4 Å². The van der Waals surface area contributed by atoms with E-state index in [1.54, 1.807) is 6.07 Å². The molecule has 0 radical (unpaired) electrons. The van der Waals surface area contributed by atoms with Gasteiger partial charge in [0, 0.05) is 10.6 Å². The lowest BCUT2D eigenvalue weighted by molar-refractivity contribution is 0.112. The van der Waals surface area contributed by atoms with E-state index in [2.05, 4.69) is 4.85 Å². The third-order valence-electron chi connectivity index (χ3n) is 1.24. The van der Waals surface area contributed by atoms with Gasteiger partial charge in [0.1, 0.15) is 6.29 Å². The van der Waals surface area contributed by atoms with E-state index in [1.165, 1.54) is 12.1 Å². The minimum Gasteiger partial charge on any atom is -0.299 e. The summed E-state index contributed by atoms with van der Waals surface area (Å²) >= 11 is 5.59. The average molecular weight is 166 g/mol. The molecule has 3 heteroatoms. The maximum Gasteiger partial charge on any atom is 0.198 e. The number of nitrogens with zero attached hydrogens (tertiary/aromatic N) is 1. The van der Waals surface area contributed by atoms with Crippen LogP contribution in [0.25, 0.3) is 4.85 Å². The van der Waals surface area contributed by atoms with Crippen LogP contribution >= 0.6 is 11.6 Å². The van der Waals surface area contributed by atoms with Crippen molar-refractivity contribution >= 4 is 23.6 Å². The maximum absolute atomic E-state index is 10.3. The number of halogens is 1. The summed E-state index contributed by atoms with van der Waals surface area (Å²) in [5.41, 5.74) is 0.678. The molecule has 0 saturated heterocycles. The van der Waals surface area contributed by atoms with Crippen LogP contribution in [0.3, 0.4) is 0 Å². The second kappa shape index (κ2) is 3.18. The van der Waals surface area contributed by atoms with Crippen LogP contribution in [-0.4, -0.2) is 6.29 Å². The van der Waals surface area contributed by atoms with Gasteiger partial charge in [0.05, 0.1) is 6.57 Å². The van der Waals surface area contributed by atoms with Crippen LogP contribution in [0.2, 0.25) is 5.02 Å². The molecule has 0 N–H and O–H groups in total. The minimum absolute atomic E-state index is 0.299. The summed E-state index contributed by atoms with van der Waals surface area (Å²) in [5.74, 6) is 0.